The molecule has 0 radical (unpaired) electrons. The lowest BCUT2D eigenvalue weighted by Gasteiger charge is -2.16. The first kappa shape index (κ1) is 5.83. The minimum absolute atomic E-state index is 0.858. The average molecular weight is 124 g/mol. The zero-order chi connectivity index (χ0) is 6.04. The number of hydrogen-bond donors (Lipinski definition) is 0. The van der Waals surface area contributed by atoms with Crippen molar-refractivity contribution in [3.05, 3.63) is 23.9 Å². The number of allylic oxidation sites excluding steroid dienone is 3. The fourth-order valence-corrected chi connectivity index (χ4v) is 2.35. The number of rotatable bonds is 0. The van der Waals surface area contributed by atoms with E-state index in [1.807, 2.05) is 0 Å². The van der Waals surface area contributed by atoms with Crippen molar-refractivity contribution in [2.75, 3.05) is 0 Å². The van der Waals surface area contributed by atoms with Crippen LogP contribution in [0.2, 0.25) is 19.1 Å². The summed E-state index contributed by atoms with van der Waals surface area (Å²) in [6.07, 6.45) is 6.58. The van der Waals surface area contributed by atoms with E-state index in [0.29, 0.717) is 0 Å². The molecule has 44 valence electrons. The summed E-state index contributed by atoms with van der Waals surface area (Å²) in [4.78, 5) is 0. The van der Waals surface area contributed by atoms with Crippen LogP contribution in [0.25, 0.3) is 0 Å². The van der Waals surface area contributed by atoms with E-state index in [1.165, 1.54) is 6.04 Å². The summed E-state index contributed by atoms with van der Waals surface area (Å²) < 4.78 is 0. The molecule has 0 nitrogen and oxygen atoms in total. The Bertz CT molecular complexity index is 131. The molecule has 0 aliphatic carbocycles. The van der Waals surface area contributed by atoms with E-state index in [2.05, 4.69) is 37.0 Å². The van der Waals surface area contributed by atoms with E-state index in [9.17, 15) is 0 Å². The van der Waals surface area contributed by atoms with Crippen LogP contribution in [0.1, 0.15) is 0 Å². The molecule has 0 aromatic rings. The second kappa shape index (κ2) is 1.90. The van der Waals surface area contributed by atoms with Gasteiger partial charge in [0.1, 0.15) is 0 Å². The Hall–Kier alpha value is -0.303. The quantitative estimate of drug-likeness (QED) is 0.435. The molecule has 0 saturated carbocycles. The summed E-state index contributed by atoms with van der Waals surface area (Å²) in [6.45, 7) is 4.76. The molecule has 0 saturated heterocycles. The lowest BCUT2D eigenvalue weighted by molar-refractivity contribution is 1.51. The minimum Gasteiger partial charge on any atom is -0.0945 e. The van der Waals surface area contributed by atoms with Gasteiger partial charge in [0.2, 0.25) is 0 Å². The Morgan fingerprint density at radius 1 is 1.25 bits per heavy atom. The van der Waals surface area contributed by atoms with Crippen molar-refractivity contribution >= 4 is 8.07 Å². The Labute approximate surface area is 51.9 Å². The predicted molar refractivity (Wildman–Crippen MR) is 40.6 cm³/mol. The molecule has 0 amide bonds. The highest BCUT2D eigenvalue weighted by atomic mass is 28.3. The van der Waals surface area contributed by atoms with E-state index in [1.54, 1.807) is 0 Å². The normalized spacial score (nSPS) is 23.8. The first-order chi connectivity index (χ1) is 3.71. The maximum absolute atomic E-state index is 2.38. The van der Waals surface area contributed by atoms with Crippen molar-refractivity contribution in [1.29, 1.82) is 0 Å². The SMILES string of the molecule is C[Si]1(C)C=CC=CC1. The molecule has 0 aromatic heterocycles. The van der Waals surface area contributed by atoms with Crippen LogP contribution in [0.15, 0.2) is 23.9 Å². The molecule has 1 rings (SSSR count). The molecule has 1 aliphatic rings. The molecule has 1 heteroatoms. The van der Waals surface area contributed by atoms with Crippen LogP contribution in [0.3, 0.4) is 0 Å². The van der Waals surface area contributed by atoms with Crippen molar-refractivity contribution in [3.63, 3.8) is 0 Å². The Kier molecular flexibility index (Phi) is 1.38. The summed E-state index contributed by atoms with van der Waals surface area (Å²) in [5.41, 5.74) is 2.38. The van der Waals surface area contributed by atoms with Gasteiger partial charge in [0.05, 0.1) is 8.07 Å². The Balaban J connectivity index is 2.65. The van der Waals surface area contributed by atoms with Crippen LogP contribution in [-0.4, -0.2) is 8.07 Å². The molecule has 0 N–H and O–H groups in total. The second-order valence-corrected chi connectivity index (χ2v) is 7.70. The molecule has 1 aliphatic heterocycles. The van der Waals surface area contributed by atoms with E-state index < -0.39 is 8.07 Å². The van der Waals surface area contributed by atoms with Gasteiger partial charge in [-0.2, -0.15) is 0 Å². The highest BCUT2D eigenvalue weighted by Gasteiger charge is 2.14. The number of hydrogen-bond acceptors (Lipinski definition) is 0. The van der Waals surface area contributed by atoms with E-state index in [-0.39, 0.29) is 0 Å². The first-order valence-electron chi connectivity index (χ1n) is 3.05. The van der Waals surface area contributed by atoms with Gasteiger partial charge in [-0.25, -0.2) is 0 Å². The van der Waals surface area contributed by atoms with Crippen molar-refractivity contribution in [2.45, 2.75) is 19.1 Å². The maximum atomic E-state index is 2.38. The van der Waals surface area contributed by atoms with Gasteiger partial charge in [-0.3, -0.25) is 0 Å². The van der Waals surface area contributed by atoms with Crippen molar-refractivity contribution in [3.8, 4) is 0 Å². The molecular weight excluding hydrogens is 112 g/mol. The van der Waals surface area contributed by atoms with Crippen LogP contribution in [0, 0.1) is 0 Å². The van der Waals surface area contributed by atoms with Gasteiger partial charge >= 0.3 is 0 Å². The summed E-state index contributed by atoms with van der Waals surface area (Å²) in [6, 6.07) is 1.32. The van der Waals surface area contributed by atoms with Crippen LogP contribution in [-0.2, 0) is 0 Å². The average Bonchev–Trinajstić information content (AvgIpc) is 1.65. The molecule has 0 aromatic carbocycles. The molecular formula is C7H12Si. The van der Waals surface area contributed by atoms with Crippen molar-refractivity contribution < 1.29 is 0 Å². The van der Waals surface area contributed by atoms with Gasteiger partial charge < -0.3 is 0 Å². The lowest BCUT2D eigenvalue weighted by Crippen LogP contribution is -2.21. The molecule has 1 heterocycles. The fraction of sp³-hybridized carbons (Fsp3) is 0.429. The summed E-state index contributed by atoms with van der Waals surface area (Å²) in [7, 11) is -0.858. The molecule has 8 heavy (non-hydrogen) atoms. The van der Waals surface area contributed by atoms with Gasteiger partial charge in [-0.15, -0.1) is 0 Å². The Morgan fingerprint density at radius 3 is 2.25 bits per heavy atom. The van der Waals surface area contributed by atoms with Gasteiger partial charge in [-0.1, -0.05) is 37.0 Å². The highest BCUT2D eigenvalue weighted by Crippen LogP contribution is 2.14. The topological polar surface area (TPSA) is 0 Å². The third-order valence-corrected chi connectivity index (χ3v) is 3.82. The molecule has 0 atom stereocenters. The van der Waals surface area contributed by atoms with Crippen LogP contribution >= 0.6 is 0 Å². The van der Waals surface area contributed by atoms with Crippen LogP contribution < -0.4 is 0 Å². The van der Waals surface area contributed by atoms with E-state index in [0.717, 1.165) is 0 Å². The molecule has 0 spiro atoms. The summed E-state index contributed by atoms with van der Waals surface area (Å²) in [5.74, 6) is 0. The smallest absolute Gasteiger partial charge is 0.0754 e. The summed E-state index contributed by atoms with van der Waals surface area (Å²) >= 11 is 0. The maximum Gasteiger partial charge on any atom is 0.0754 e. The highest BCUT2D eigenvalue weighted by molar-refractivity contribution is 6.82. The first-order valence-corrected chi connectivity index (χ1v) is 6.33. The van der Waals surface area contributed by atoms with Gasteiger partial charge in [-0.05, 0) is 6.04 Å². The minimum atomic E-state index is -0.858. The van der Waals surface area contributed by atoms with E-state index in [4.69, 9.17) is 0 Å². The Morgan fingerprint density at radius 2 is 2.00 bits per heavy atom. The van der Waals surface area contributed by atoms with Gasteiger partial charge in [0.15, 0.2) is 0 Å². The molecule has 0 unspecified atom stereocenters. The van der Waals surface area contributed by atoms with Crippen LogP contribution in [0.5, 0.6) is 0 Å². The van der Waals surface area contributed by atoms with Crippen molar-refractivity contribution in [2.24, 2.45) is 0 Å². The van der Waals surface area contributed by atoms with Crippen LogP contribution in [0.4, 0.5) is 0 Å². The summed E-state index contributed by atoms with van der Waals surface area (Å²) in [5, 5.41) is 0. The zero-order valence-electron chi connectivity index (χ0n) is 5.52. The van der Waals surface area contributed by atoms with E-state index >= 15 is 0 Å². The lowest BCUT2D eigenvalue weighted by atomic mass is 10.5. The van der Waals surface area contributed by atoms with Gasteiger partial charge in [0.25, 0.3) is 0 Å². The largest absolute Gasteiger partial charge is 0.0945 e. The van der Waals surface area contributed by atoms with Gasteiger partial charge in [0, 0.05) is 0 Å². The predicted octanol–water partition coefficient (Wildman–Crippen LogP) is 2.36. The van der Waals surface area contributed by atoms with Crippen molar-refractivity contribution in [1.82, 2.24) is 0 Å². The second-order valence-electron chi connectivity index (χ2n) is 2.98. The monoisotopic (exact) mass is 124 g/mol. The third kappa shape index (κ3) is 1.34. The molecule has 0 bridgehead atoms. The fourth-order valence-electron chi connectivity index (χ4n) is 0.834. The third-order valence-electron chi connectivity index (χ3n) is 1.44. The standard InChI is InChI=1S/C7H12Si/c1-8(2)6-4-3-5-7-8/h3-6H,7H2,1-2H3. The zero-order valence-corrected chi connectivity index (χ0v) is 6.52. The molecule has 0 fully saturated rings.